The number of aryl methyl sites for hydroxylation is 1. The van der Waals surface area contributed by atoms with Crippen molar-refractivity contribution in [2.45, 2.75) is 82.6 Å². The van der Waals surface area contributed by atoms with Crippen molar-refractivity contribution in [1.29, 1.82) is 0 Å². The summed E-state index contributed by atoms with van der Waals surface area (Å²) in [5.41, 5.74) is 15.5. The highest BCUT2D eigenvalue weighted by molar-refractivity contribution is 6.05. The van der Waals surface area contributed by atoms with Crippen molar-refractivity contribution in [2.24, 2.45) is 10.7 Å². The molecule has 0 amide bonds. The normalized spacial score (nSPS) is 19.3. The van der Waals surface area contributed by atoms with Crippen LogP contribution in [0.2, 0.25) is 0 Å². The van der Waals surface area contributed by atoms with Crippen molar-refractivity contribution in [2.75, 3.05) is 0 Å². The number of rotatable bonds is 8. The maximum Gasteiger partial charge on any atom is 0.143 e. The molecule has 5 heteroatoms. The van der Waals surface area contributed by atoms with Gasteiger partial charge in [-0.15, -0.1) is 0 Å². The van der Waals surface area contributed by atoms with Crippen LogP contribution in [-0.4, -0.2) is 22.2 Å². The fraction of sp³-hybridized carbons (Fsp3) is 0.406. The van der Waals surface area contributed by atoms with Gasteiger partial charge in [0.25, 0.3) is 0 Å². The van der Waals surface area contributed by atoms with Crippen LogP contribution in [0.4, 0.5) is 0 Å². The number of ketones is 1. The van der Waals surface area contributed by atoms with E-state index in [2.05, 4.69) is 62.3 Å². The van der Waals surface area contributed by atoms with Gasteiger partial charge in [-0.3, -0.25) is 9.79 Å². The lowest BCUT2D eigenvalue weighted by molar-refractivity contribution is -0.117. The molecule has 190 valence electrons. The SMILES string of the molecule is CC(C)(C)c1cc(CC(=O)Cc2ccc(C3=CC4C(=N3)Cc3cc(CCC5(N)CC5)ccc34)cc2)no1. The fourth-order valence-corrected chi connectivity index (χ4v) is 5.40. The first-order chi connectivity index (χ1) is 17.6. The Balaban J connectivity index is 1.08. The Hall–Kier alpha value is -3.31. The van der Waals surface area contributed by atoms with Crippen LogP contribution < -0.4 is 5.73 Å². The molecule has 0 spiro atoms. The molecule has 1 saturated carbocycles. The number of carbonyl (C=O) groups excluding carboxylic acids is 1. The largest absolute Gasteiger partial charge is 0.361 e. The van der Waals surface area contributed by atoms with E-state index in [1.54, 1.807) is 0 Å². The first-order valence-corrected chi connectivity index (χ1v) is 13.4. The van der Waals surface area contributed by atoms with Crippen LogP contribution in [0.1, 0.15) is 85.2 Å². The topological polar surface area (TPSA) is 81.5 Å². The molecule has 0 saturated heterocycles. The molecule has 1 fully saturated rings. The van der Waals surface area contributed by atoms with Crippen LogP contribution in [0.15, 0.2) is 64.1 Å². The quantitative estimate of drug-likeness (QED) is 0.424. The highest BCUT2D eigenvalue weighted by Crippen LogP contribution is 2.41. The monoisotopic (exact) mass is 493 g/mol. The molecule has 6 rings (SSSR count). The average Bonchev–Trinajstić information content (AvgIpc) is 3.19. The Bertz CT molecular complexity index is 1410. The second-order valence-electron chi connectivity index (χ2n) is 12.2. The Labute approximate surface area is 218 Å². The van der Waals surface area contributed by atoms with Crippen molar-refractivity contribution in [3.8, 4) is 0 Å². The lowest BCUT2D eigenvalue weighted by Crippen LogP contribution is -2.22. The highest BCUT2D eigenvalue weighted by atomic mass is 16.5. The van der Waals surface area contributed by atoms with Gasteiger partial charge in [-0.25, -0.2) is 0 Å². The van der Waals surface area contributed by atoms with Gasteiger partial charge in [0.05, 0.1) is 17.8 Å². The number of hydrogen-bond acceptors (Lipinski definition) is 5. The number of Topliss-reactive ketones (excluding diaryl/α,β-unsaturated/α-hetero) is 1. The van der Waals surface area contributed by atoms with Gasteiger partial charge in [0.2, 0.25) is 0 Å². The second-order valence-corrected chi connectivity index (χ2v) is 12.2. The van der Waals surface area contributed by atoms with Gasteiger partial charge in [0, 0.05) is 41.5 Å². The average molecular weight is 494 g/mol. The van der Waals surface area contributed by atoms with E-state index in [1.165, 1.54) is 35.2 Å². The fourth-order valence-electron chi connectivity index (χ4n) is 5.40. The smallest absolute Gasteiger partial charge is 0.143 e. The number of allylic oxidation sites excluding steroid dienone is 1. The van der Waals surface area contributed by atoms with Crippen LogP contribution in [0.5, 0.6) is 0 Å². The zero-order valence-corrected chi connectivity index (χ0v) is 22.0. The lowest BCUT2D eigenvalue weighted by atomic mass is 9.93. The summed E-state index contributed by atoms with van der Waals surface area (Å²) >= 11 is 0. The van der Waals surface area contributed by atoms with Crippen molar-refractivity contribution >= 4 is 17.2 Å². The van der Waals surface area contributed by atoms with E-state index in [4.69, 9.17) is 15.2 Å². The first kappa shape index (κ1) is 24.1. The summed E-state index contributed by atoms with van der Waals surface area (Å²) in [4.78, 5) is 17.6. The molecule has 5 nitrogen and oxygen atoms in total. The van der Waals surface area contributed by atoms with E-state index in [0.717, 1.165) is 41.8 Å². The molecule has 2 aromatic carbocycles. The van der Waals surface area contributed by atoms with Crippen molar-refractivity contribution in [3.63, 3.8) is 0 Å². The van der Waals surface area contributed by atoms with Crippen LogP contribution in [0.3, 0.4) is 0 Å². The molecule has 0 bridgehead atoms. The van der Waals surface area contributed by atoms with Gasteiger partial charge in [0.15, 0.2) is 0 Å². The number of fused-ring (bicyclic) bond motifs is 3. The summed E-state index contributed by atoms with van der Waals surface area (Å²) in [6.07, 6.45) is 8.37. The molecule has 2 heterocycles. The minimum Gasteiger partial charge on any atom is -0.361 e. The summed E-state index contributed by atoms with van der Waals surface area (Å²) in [5.74, 6) is 1.22. The van der Waals surface area contributed by atoms with E-state index < -0.39 is 0 Å². The molecule has 1 unspecified atom stereocenters. The van der Waals surface area contributed by atoms with Gasteiger partial charge in [-0.05, 0) is 59.6 Å². The number of hydrogen-bond donors (Lipinski definition) is 1. The molecule has 2 N–H and O–H groups in total. The van der Waals surface area contributed by atoms with E-state index in [0.29, 0.717) is 12.1 Å². The van der Waals surface area contributed by atoms with Gasteiger partial charge in [-0.1, -0.05) is 68.4 Å². The molecule has 1 aliphatic heterocycles. The van der Waals surface area contributed by atoms with Crippen LogP contribution in [0.25, 0.3) is 5.70 Å². The van der Waals surface area contributed by atoms with Crippen molar-refractivity contribution in [3.05, 3.63) is 93.9 Å². The zero-order chi connectivity index (χ0) is 25.8. The molecule has 3 aliphatic rings. The van der Waals surface area contributed by atoms with E-state index in [9.17, 15) is 4.79 Å². The highest BCUT2D eigenvalue weighted by Gasteiger charge is 2.37. The molecule has 2 aliphatic carbocycles. The van der Waals surface area contributed by atoms with Crippen LogP contribution in [-0.2, 0) is 35.9 Å². The van der Waals surface area contributed by atoms with E-state index in [1.807, 2.05) is 18.2 Å². The predicted molar refractivity (Wildman–Crippen MR) is 147 cm³/mol. The van der Waals surface area contributed by atoms with Gasteiger partial charge < -0.3 is 10.3 Å². The lowest BCUT2D eigenvalue weighted by Gasteiger charge is -2.12. The first-order valence-electron chi connectivity index (χ1n) is 13.4. The molecule has 1 atom stereocenters. The number of nitrogens with two attached hydrogens (primary N) is 1. The van der Waals surface area contributed by atoms with Gasteiger partial charge in [0.1, 0.15) is 11.5 Å². The van der Waals surface area contributed by atoms with Crippen LogP contribution in [0, 0.1) is 0 Å². The minimum atomic E-state index is -0.115. The Morgan fingerprint density at radius 1 is 1.05 bits per heavy atom. The molecular weight excluding hydrogens is 458 g/mol. The number of carbonyl (C=O) groups is 1. The van der Waals surface area contributed by atoms with E-state index >= 15 is 0 Å². The summed E-state index contributed by atoms with van der Waals surface area (Å²) < 4.78 is 5.41. The summed E-state index contributed by atoms with van der Waals surface area (Å²) in [6.45, 7) is 6.21. The van der Waals surface area contributed by atoms with Gasteiger partial charge in [-0.2, -0.15) is 0 Å². The Kier molecular flexibility index (Phi) is 5.79. The van der Waals surface area contributed by atoms with Crippen molar-refractivity contribution in [1.82, 2.24) is 5.16 Å². The number of aliphatic imine (C=N–C) groups is 1. The molecule has 1 aromatic heterocycles. The molecule has 0 radical (unpaired) electrons. The second kappa shape index (κ2) is 8.91. The third kappa shape index (κ3) is 5.10. The molecular formula is C32H35N3O2. The maximum absolute atomic E-state index is 12.6. The third-order valence-corrected chi connectivity index (χ3v) is 7.99. The zero-order valence-electron chi connectivity index (χ0n) is 22.0. The third-order valence-electron chi connectivity index (χ3n) is 7.99. The van der Waals surface area contributed by atoms with Gasteiger partial charge >= 0.3 is 0 Å². The summed E-state index contributed by atoms with van der Waals surface area (Å²) in [5, 5.41) is 4.08. The predicted octanol–water partition coefficient (Wildman–Crippen LogP) is 5.89. The Morgan fingerprint density at radius 2 is 1.81 bits per heavy atom. The number of aromatic nitrogens is 1. The summed E-state index contributed by atoms with van der Waals surface area (Å²) in [7, 11) is 0. The maximum atomic E-state index is 12.6. The number of benzene rings is 2. The summed E-state index contributed by atoms with van der Waals surface area (Å²) in [6, 6.07) is 17.1. The van der Waals surface area contributed by atoms with Crippen LogP contribution >= 0.6 is 0 Å². The molecule has 3 aromatic rings. The number of nitrogens with zero attached hydrogens (tertiary/aromatic N) is 2. The standard InChI is InChI=1S/C32H35N3O2/c1-31(2,3)30-18-24(35-37-30)17-25(36)15-20-4-7-22(8-5-20)28-19-27-26-9-6-21(10-11-32(33)12-13-32)14-23(26)16-29(27)34-28/h4-9,14,18-19,27H,10-13,15-17,33H2,1-3H3. The van der Waals surface area contributed by atoms with Crippen molar-refractivity contribution < 1.29 is 9.32 Å². The van der Waals surface area contributed by atoms with E-state index in [-0.39, 0.29) is 29.1 Å². The minimum absolute atomic E-state index is 0.104. The Morgan fingerprint density at radius 3 is 2.51 bits per heavy atom. The molecule has 37 heavy (non-hydrogen) atoms.